The van der Waals surface area contributed by atoms with E-state index in [1.54, 1.807) is 10.6 Å². The summed E-state index contributed by atoms with van der Waals surface area (Å²) in [6.45, 7) is 4.60. The summed E-state index contributed by atoms with van der Waals surface area (Å²) in [6.07, 6.45) is 2.81. The molecular formula is C13H16IN3O. The Hall–Kier alpha value is -1.11. The molecule has 0 N–H and O–H groups in total. The van der Waals surface area contributed by atoms with E-state index in [4.69, 9.17) is 0 Å². The maximum atomic E-state index is 11.9. The molecule has 0 spiro atoms. The lowest BCUT2D eigenvalue weighted by Crippen LogP contribution is -2.21. The van der Waals surface area contributed by atoms with Crippen molar-refractivity contribution in [2.75, 3.05) is 0 Å². The quantitative estimate of drug-likeness (QED) is 0.790. The van der Waals surface area contributed by atoms with Crippen LogP contribution in [0.5, 0.6) is 0 Å². The molecule has 0 amide bonds. The van der Waals surface area contributed by atoms with Crippen molar-refractivity contribution in [3.63, 3.8) is 0 Å². The topological polar surface area (TPSA) is 39.8 Å². The molecule has 2 rings (SSSR count). The summed E-state index contributed by atoms with van der Waals surface area (Å²) in [6, 6.07) is 3.73. The Morgan fingerprint density at radius 2 is 2.11 bits per heavy atom. The maximum absolute atomic E-state index is 11.9. The van der Waals surface area contributed by atoms with Crippen LogP contribution in [0, 0.1) is 10.5 Å². The smallest absolute Gasteiger partial charge is 0.251 e. The molecule has 0 saturated carbocycles. The standard InChI is InChI=1S/C13H16IN3O/c1-4-10-6-11(16(3)15-10)7-17-8-12(14)9(2)5-13(17)18/h5-6,8H,4,7H2,1-3H3. The SMILES string of the molecule is CCc1cc(Cn2cc(I)c(C)cc2=O)n(C)n1. The minimum atomic E-state index is 0.0344. The van der Waals surface area contributed by atoms with Crippen molar-refractivity contribution in [1.29, 1.82) is 0 Å². The van der Waals surface area contributed by atoms with Gasteiger partial charge in [0.1, 0.15) is 0 Å². The zero-order chi connectivity index (χ0) is 13.3. The minimum Gasteiger partial charge on any atom is -0.308 e. The highest BCUT2D eigenvalue weighted by Gasteiger charge is 2.07. The van der Waals surface area contributed by atoms with E-state index >= 15 is 0 Å². The number of hydrogen-bond acceptors (Lipinski definition) is 2. The molecule has 2 aromatic heterocycles. The number of pyridine rings is 1. The number of rotatable bonds is 3. The van der Waals surface area contributed by atoms with Crippen LogP contribution in [0.1, 0.15) is 23.9 Å². The van der Waals surface area contributed by atoms with E-state index < -0.39 is 0 Å². The van der Waals surface area contributed by atoms with Crippen LogP contribution < -0.4 is 5.56 Å². The van der Waals surface area contributed by atoms with Crippen molar-refractivity contribution in [3.8, 4) is 0 Å². The third kappa shape index (κ3) is 2.66. The van der Waals surface area contributed by atoms with Gasteiger partial charge in [0.25, 0.3) is 5.56 Å². The molecule has 0 aliphatic heterocycles. The van der Waals surface area contributed by atoms with Crippen LogP contribution in [0.25, 0.3) is 0 Å². The molecule has 96 valence electrons. The Bertz CT molecular complexity index is 628. The molecule has 0 aromatic carbocycles. The first-order valence-electron chi connectivity index (χ1n) is 5.89. The Morgan fingerprint density at radius 3 is 2.72 bits per heavy atom. The van der Waals surface area contributed by atoms with Gasteiger partial charge in [-0.05, 0) is 47.6 Å². The van der Waals surface area contributed by atoms with E-state index in [-0.39, 0.29) is 5.56 Å². The van der Waals surface area contributed by atoms with E-state index in [0.717, 1.165) is 26.9 Å². The minimum absolute atomic E-state index is 0.0344. The molecule has 0 fully saturated rings. The van der Waals surface area contributed by atoms with Gasteiger partial charge < -0.3 is 4.57 Å². The number of aryl methyl sites for hydroxylation is 3. The normalized spacial score (nSPS) is 10.9. The van der Waals surface area contributed by atoms with Gasteiger partial charge >= 0.3 is 0 Å². The van der Waals surface area contributed by atoms with Crippen molar-refractivity contribution in [3.05, 3.63) is 49.2 Å². The van der Waals surface area contributed by atoms with E-state index in [9.17, 15) is 4.79 Å². The summed E-state index contributed by atoms with van der Waals surface area (Å²) in [5.41, 5.74) is 3.17. The van der Waals surface area contributed by atoms with Crippen LogP contribution in [0.4, 0.5) is 0 Å². The molecule has 0 aliphatic rings. The van der Waals surface area contributed by atoms with Crippen LogP contribution in [0.15, 0.2) is 23.1 Å². The first kappa shape index (κ1) is 13.3. The summed E-state index contributed by atoms with van der Waals surface area (Å²) in [5, 5.41) is 4.39. The second-order valence-corrected chi connectivity index (χ2v) is 5.54. The second-order valence-electron chi connectivity index (χ2n) is 4.37. The fourth-order valence-corrected chi connectivity index (χ4v) is 2.32. The highest BCUT2D eigenvalue weighted by atomic mass is 127. The van der Waals surface area contributed by atoms with Gasteiger partial charge in [0.2, 0.25) is 0 Å². The lowest BCUT2D eigenvalue weighted by molar-refractivity contribution is 0.647. The Morgan fingerprint density at radius 1 is 1.39 bits per heavy atom. The number of nitrogens with zero attached hydrogens (tertiary/aromatic N) is 3. The van der Waals surface area contributed by atoms with Crippen molar-refractivity contribution in [1.82, 2.24) is 14.3 Å². The molecular weight excluding hydrogens is 341 g/mol. The first-order chi connectivity index (χ1) is 8.51. The van der Waals surface area contributed by atoms with E-state index in [1.165, 1.54) is 0 Å². The predicted molar refractivity (Wildman–Crippen MR) is 79.8 cm³/mol. The Kier molecular flexibility index (Phi) is 3.89. The summed E-state index contributed by atoms with van der Waals surface area (Å²) in [5.74, 6) is 0. The molecule has 4 nitrogen and oxygen atoms in total. The third-order valence-corrected chi connectivity index (χ3v) is 4.12. The summed E-state index contributed by atoms with van der Waals surface area (Å²) in [4.78, 5) is 11.9. The fraction of sp³-hybridized carbons (Fsp3) is 0.385. The van der Waals surface area contributed by atoms with E-state index in [1.807, 2.05) is 24.9 Å². The maximum Gasteiger partial charge on any atom is 0.251 e. The zero-order valence-corrected chi connectivity index (χ0v) is 12.9. The van der Waals surface area contributed by atoms with E-state index in [0.29, 0.717) is 6.54 Å². The molecule has 0 radical (unpaired) electrons. The van der Waals surface area contributed by atoms with Gasteiger partial charge in [-0.15, -0.1) is 0 Å². The van der Waals surface area contributed by atoms with Gasteiger partial charge in [0, 0.05) is 22.9 Å². The van der Waals surface area contributed by atoms with Gasteiger partial charge in [0.15, 0.2) is 0 Å². The van der Waals surface area contributed by atoms with E-state index in [2.05, 4.69) is 40.7 Å². The average Bonchev–Trinajstić information content (AvgIpc) is 2.67. The van der Waals surface area contributed by atoms with Crippen LogP contribution in [-0.4, -0.2) is 14.3 Å². The fourth-order valence-electron chi connectivity index (χ4n) is 1.83. The molecule has 0 bridgehead atoms. The molecule has 0 aliphatic carbocycles. The average molecular weight is 357 g/mol. The zero-order valence-electron chi connectivity index (χ0n) is 10.8. The highest BCUT2D eigenvalue weighted by molar-refractivity contribution is 14.1. The molecule has 18 heavy (non-hydrogen) atoms. The van der Waals surface area contributed by atoms with Gasteiger partial charge in [0.05, 0.1) is 17.9 Å². The van der Waals surface area contributed by atoms with Crippen LogP contribution in [0.2, 0.25) is 0 Å². The van der Waals surface area contributed by atoms with Crippen molar-refractivity contribution >= 4 is 22.6 Å². The molecule has 2 aromatic rings. The predicted octanol–water partition coefficient (Wildman–Crippen LogP) is 2.11. The van der Waals surface area contributed by atoms with Crippen molar-refractivity contribution < 1.29 is 0 Å². The lowest BCUT2D eigenvalue weighted by Gasteiger charge is -2.07. The lowest BCUT2D eigenvalue weighted by atomic mass is 10.3. The molecule has 0 unspecified atom stereocenters. The molecule has 0 saturated heterocycles. The Balaban J connectivity index is 2.36. The third-order valence-electron chi connectivity index (χ3n) is 2.99. The molecule has 5 heteroatoms. The summed E-state index contributed by atoms with van der Waals surface area (Å²) in [7, 11) is 1.92. The molecule has 2 heterocycles. The monoisotopic (exact) mass is 357 g/mol. The summed E-state index contributed by atoms with van der Waals surface area (Å²) >= 11 is 2.25. The van der Waals surface area contributed by atoms with Crippen molar-refractivity contribution in [2.24, 2.45) is 7.05 Å². The first-order valence-corrected chi connectivity index (χ1v) is 6.97. The molecule has 0 atom stereocenters. The van der Waals surface area contributed by atoms with Crippen LogP contribution >= 0.6 is 22.6 Å². The largest absolute Gasteiger partial charge is 0.308 e. The van der Waals surface area contributed by atoms with Crippen molar-refractivity contribution in [2.45, 2.75) is 26.8 Å². The van der Waals surface area contributed by atoms with Crippen LogP contribution in [0.3, 0.4) is 0 Å². The highest BCUT2D eigenvalue weighted by Crippen LogP contribution is 2.10. The number of halogens is 1. The van der Waals surface area contributed by atoms with Gasteiger partial charge in [-0.2, -0.15) is 5.10 Å². The summed E-state index contributed by atoms with van der Waals surface area (Å²) < 4.78 is 4.67. The van der Waals surface area contributed by atoms with Crippen LogP contribution in [-0.2, 0) is 20.0 Å². The van der Waals surface area contributed by atoms with Gasteiger partial charge in [-0.3, -0.25) is 9.48 Å². The Labute approximate surface area is 120 Å². The second kappa shape index (κ2) is 5.26. The number of hydrogen-bond donors (Lipinski definition) is 0. The van der Waals surface area contributed by atoms with Gasteiger partial charge in [-0.25, -0.2) is 0 Å². The van der Waals surface area contributed by atoms with Gasteiger partial charge in [-0.1, -0.05) is 6.92 Å². The number of aromatic nitrogens is 3.